The van der Waals surface area contributed by atoms with Crippen molar-refractivity contribution in [3.63, 3.8) is 0 Å². The molecule has 0 spiro atoms. The van der Waals surface area contributed by atoms with E-state index in [4.69, 9.17) is 4.74 Å². The summed E-state index contributed by atoms with van der Waals surface area (Å²) in [5, 5.41) is 4.52. The van der Waals surface area contributed by atoms with Gasteiger partial charge in [0.25, 0.3) is 0 Å². The Labute approximate surface area is 115 Å². The van der Waals surface area contributed by atoms with Crippen LogP contribution in [0.4, 0.5) is 0 Å². The highest BCUT2D eigenvalue weighted by Gasteiger charge is 2.03. The number of benzene rings is 1. The largest absolute Gasteiger partial charge is 0.375 e. The van der Waals surface area contributed by atoms with Gasteiger partial charge in [-0.2, -0.15) is 0 Å². The molecule has 0 saturated heterocycles. The average Bonchev–Trinajstić information content (AvgIpc) is 2.42. The first-order chi connectivity index (χ1) is 9.31. The quantitative estimate of drug-likeness (QED) is 0.775. The van der Waals surface area contributed by atoms with Crippen LogP contribution in [0.25, 0.3) is 10.9 Å². The summed E-state index contributed by atoms with van der Waals surface area (Å²) in [7, 11) is 0. The van der Waals surface area contributed by atoms with Crippen LogP contribution in [-0.4, -0.2) is 24.7 Å². The third kappa shape index (κ3) is 4.01. The van der Waals surface area contributed by atoms with Crippen molar-refractivity contribution in [2.45, 2.75) is 26.9 Å². The zero-order valence-corrected chi connectivity index (χ0v) is 11.8. The zero-order valence-electron chi connectivity index (χ0n) is 11.8. The van der Waals surface area contributed by atoms with Gasteiger partial charge in [0.05, 0.1) is 18.7 Å². The fourth-order valence-electron chi connectivity index (χ4n) is 2.14. The van der Waals surface area contributed by atoms with Crippen LogP contribution in [-0.2, 0) is 11.3 Å². The molecule has 19 heavy (non-hydrogen) atoms. The molecule has 3 heteroatoms. The van der Waals surface area contributed by atoms with Crippen molar-refractivity contribution in [2.24, 2.45) is 0 Å². The number of rotatable bonds is 7. The fraction of sp³-hybridized carbons (Fsp3) is 0.438. The number of hydrogen-bond acceptors (Lipinski definition) is 3. The van der Waals surface area contributed by atoms with Crippen LogP contribution < -0.4 is 5.32 Å². The van der Waals surface area contributed by atoms with E-state index in [1.807, 2.05) is 19.1 Å². The Morgan fingerprint density at radius 2 is 2.05 bits per heavy atom. The fourth-order valence-corrected chi connectivity index (χ4v) is 2.14. The molecule has 2 aromatic rings. The topological polar surface area (TPSA) is 34.1 Å². The maximum Gasteiger partial charge on any atom is 0.0724 e. The number of aromatic nitrogens is 1. The molecule has 1 heterocycles. The van der Waals surface area contributed by atoms with Gasteiger partial charge in [-0.3, -0.25) is 4.98 Å². The van der Waals surface area contributed by atoms with Crippen molar-refractivity contribution in [2.75, 3.05) is 19.7 Å². The summed E-state index contributed by atoms with van der Waals surface area (Å²) in [5.41, 5.74) is 3.31. The third-order valence-corrected chi connectivity index (χ3v) is 3.04. The highest BCUT2D eigenvalue weighted by atomic mass is 16.5. The van der Waals surface area contributed by atoms with Crippen molar-refractivity contribution in [1.29, 1.82) is 0 Å². The van der Waals surface area contributed by atoms with E-state index < -0.39 is 0 Å². The molecule has 0 atom stereocenters. The van der Waals surface area contributed by atoms with Crippen LogP contribution >= 0.6 is 0 Å². The highest BCUT2D eigenvalue weighted by Crippen LogP contribution is 2.18. The van der Waals surface area contributed by atoms with Crippen LogP contribution in [0.15, 0.2) is 30.3 Å². The monoisotopic (exact) mass is 258 g/mol. The molecule has 0 bridgehead atoms. The van der Waals surface area contributed by atoms with Crippen molar-refractivity contribution in [3.8, 4) is 0 Å². The van der Waals surface area contributed by atoms with E-state index in [0.29, 0.717) is 6.61 Å². The van der Waals surface area contributed by atoms with E-state index in [9.17, 15) is 0 Å². The lowest BCUT2D eigenvalue weighted by Gasteiger charge is -2.09. The van der Waals surface area contributed by atoms with E-state index in [1.165, 1.54) is 10.9 Å². The standard InChI is InChI=1S/C16H22N2O/c1-3-8-17-9-10-19-12-14-11-13(2)18-16-7-5-4-6-15(14)16/h4-7,11,17H,3,8-10,12H2,1-2H3. The van der Waals surface area contributed by atoms with Gasteiger partial charge in [-0.15, -0.1) is 0 Å². The average molecular weight is 258 g/mol. The molecule has 1 aromatic heterocycles. The van der Waals surface area contributed by atoms with Gasteiger partial charge in [-0.1, -0.05) is 25.1 Å². The Bertz CT molecular complexity index is 525. The number of nitrogens with zero attached hydrogens (tertiary/aromatic N) is 1. The van der Waals surface area contributed by atoms with Crippen LogP contribution in [0, 0.1) is 6.92 Å². The summed E-state index contributed by atoms with van der Waals surface area (Å²) in [6.45, 7) is 7.56. The Morgan fingerprint density at radius 3 is 2.89 bits per heavy atom. The molecule has 0 aliphatic rings. The van der Waals surface area contributed by atoms with Gasteiger partial charge in [0.15, 0.2) is 0 Å². The number of para-hydroxylation sites is 1. The second kappa shape index (κ2) is 7.22. The van der Waals surface area contributed by atoms with E-state index in [0.717, 1.165) is 37.3 Å². The minimum absolute atomic E-state index is 0.650. The van der Waals surface area contributed by atoms with E-state index in [1.54, 1.807) is 0 Å². The van der Waals surface area contributed by atoms with Crippen molar-refractivity contribution < 1.29 is 4.74 Å². The molecule has 3 nitrogen and oxygen atoms in total. The molecule has 0 aliphatic heterocycles. The lowest BCUT2D eigenvalue weighted by atomic mass is 10.1. The molecule has 0 radical (unpaired) electrons. The molecule has 0 amide bonds. The van der Waals surface area contributed by atoms with Gasteiger partial charge < -0.3 is 10.1 Å². The smallest absolute Gasteiger partial charge is 0.0724 e. The summed E-state index contributed by atoms with van der Waals surface area (Å²) in [5.74, 6) is 0. The maximum absolute atomic E-state index is 5.74. The van der Waals surface area contributed by atoms with E-state index >= 15 is 0 Å². The minimum atomic E-state index is 0.650. The number of nitrogens with one attached hydrogen (secondary N) is 1. The van der Waals surface area contributed by atoms with Gasteiger partial charge >= 0.3 is 0 Å². The van der Waals surface area contributed by atoms with Gasteiger partial charge in [0.2, 0.25) is 0 Å². The Kier molecular flexibility index (Phi) is 5.31. The predicted octanol–water partition coefficient (Wildman–Crippen LogP) is 3.06. The summed E-state index contributed by atoms with van der Waals surface area (Å²) >= 11 is 0. The predicted molar refractivity (Wildman–Crippen MR) is 79.3 cm³/mol. The van der Waals surface area contributed by atoms with Gasteiger partial charge in [-0.05, 0) is 37.6 Å². The van der Waals surface area contributed by atoms with Crippen molar-refractivity contribution in [1.82, 2.24) is 10.3 Å². The molecule has 0 fully saturated rings. The molecule has 0 saturated carbocycles. The van der Waals surface area contributed by atoms with E-state index in [2.05, 4.69) is 35.4 Å². The first-order valence-corrected chi connectivity index (χ1v) is 6.95. The number of pyridine rings is 1. The molecule has 0 aliphatic carbocycles. The summed E-state index contributed by atoms with van der Waals surface area (Å²) in [6, 6.07) is 10.3. The second-order valence-corrected chi connectivity index (χ2v) is 4.74. The van der Waals surface area contributed by atoms with Crippen LogP contribution in [0.1, 0.15) is 24.6 Å². The summed E-state index contributed by atoms with van der Waals surface area (Å²) in [4.78, 5) is 4.54. The van der Waals surface area contributed by atoms with Crippen molar-refractivity contribution >= 4 is 10.9 Å². The molecule has 1 aromatic carbocycles. The minimum Gasteiger partial charge on any atom is -0.375 e. The molecular weight excluding hydrogens is 236 g/mol. The van der Waals surface area contributed by atoms with Gasteiger partial charge in [0.1, 0.15) is 0 Å². The Balaban J connectivity index is 1.96. The molecule has 1 N–H and O–H groups in total. The molecule has 0 unspecified atom stereocenters. The van der Waals surface area contributed by atoms with E-state index in [-0.39, 0.29) is 0 Å². The molecular formula is C16H22N2O. The van der Waals surface area contributed by atoms with Gasteiger partial charge in [-0.25, -0.2) is 0 Å². The summed E-state index contributed by atoms with van der Waals surface area (Å²) < 4.78 is 5.74. The first kappa shape index (κ1) is 14.0. The zero-order chi connectivity index (χ0) is 13.5. The molecule has 102 valence electrons. The second-order valence-electron chi connectivity index (χ2n) is 4.74. The molecule has 2 rings (SSSR count). The number of ether oxygens (including phenoxy) is 1. The Hall–Kier alpha value is -1.45. The number of aryl methyl sites for hydroxylation is 1. The highest BCUT2D eigenvalue weighted by molar-refractivity contribution is 5.82. The Morgan fingerprint density at radius 1 is 1.21 bits per heavy atom. The third-order valence-electron chi connectivity index (χ3n) is 3.04. The van der Waals surface area contributed by atoms with Crippen molar-refractivity contribution in [3.05, 3.63) is 41.6 Å². The number of fused-ring (bicyclic) bond motifs is 1. The SMILES string of the molecule is CCCNCCOCc1cc(C)nc2ccccc12. The normalized spacial score (nSPS) is 11.1. The van der Waals surface area contributed by atoms with Crippen LogP contribution in [0.3, 0.4) is 0 Å². The first-order valence-electron chi connectivity index (χ1n) is 6.95. The maximum atomic E-state index is 5.74. The lowest BCUT2D eigenvalue weighted by Crippen LogP contribution is -2.20. The summed E-state index contributed by atoms with van der Waals surface area (Å²) in [6.07, 6.45) is 1.16. The van der Waals surface area contributed by atoms with Gasteiger partial charge in [0, 0.05) is 17.6 Å². The van der Waals surface area contributed by atoms with Crippen LogP contribution in [0.2, 0.25) is 0 Å². The lowest BCUT2D eigenvalue weighted by molar-refractivity contribution is 0.123. The van der Waals surface area contributed by atoms with Crippen LogP contribution in [0.5, 0.6) is 0 Å². The number of hydrogen-bond donors (Lipinski definition) is 1.